The number of benzene rings is 1. The summed E-state index contributed by atoms with van der Waals surface area (Å²) in [5.74, 6) is 0. The van der Waals surface area contributed by atoms with Crippen LogP contribution in [0.5, 0.6) is 0 Å². The van der Waals surface area contributed by atoms with Crippen molar-refractivity contribution in [3.8, 4) is 0 Å². The summed E-state index contributed by atoms with van der Waals surface area (Å²) >= 11 is 4.76. The van der Waals surface area contributed by atoms with Gasteiger partial charge in [-0.05, 0) is 12.5 Å². The van der Waals surface area contributed by atoms with Gasteiger partial charge in [0.05, 0.1) is 0 Å². The van der Waals surface area contributed by atoms with Crippen molar-refractivity contribution in [2.75, 3.05) is 0 Å². The van der Waals surface area contributed by atoms with Crippen molar-refractivity contribution in [1.82, 2.24) is 0 Å². The van der Waals surface area contributed by atoms with Crippen LogP contribution in [0.25, 0.3) is 0 Å². The minimum absolute atomic E-state index is 1.22. The van der Waals surface area contributed by atoms with Gasteiger partial charge >= 0.3 is 0 Å². The van der Waals surface area contributed by atoms with E-state index in [0.29, 0.717) is 0 Å². The fourth-order valence-electron chi connectivity index (χ4n) is 0.534. The predicted molar refractivity (Wildman–Crippen MR) is 47.2 cm³/mol. The average molecular weight is 155 g/mol. The molecule has 0 fully saturated rings. The Kier molecular flexibility index (Phi) is 5.89. The molecule has 0 aromatic heterocycles. The summed E-state index contributed by atoms with van der Waals surface area (Å²) < 4.78 is 0. The van der Waals surface area contributed by atoms with Crippen LogP contribution in [0, 0.1) is 6.92 Å². The number of halogens is 1. The zero-order valence-corrected chi connectivity index (χ0v) is 6.81. The molecule has 54 valence electrons. The van der Waals surface area contributed by atoms with Crippen LogP contribution < -0.4 is 0 Å². The van der Waals surface area contributed by atoms with Gasteiger partial charge in [0.25, 0.3) is 0 Å². The van der Waals surface area contributed by atoms with Crippen LogP contribution in [0.4, 0.5) is 0 Å². The number of aryl methyl sites for hydroxylation is 1. The van der Waals surface area contributed by atoms with Crippen molar-refractivity contribution >= 4 is 11.6 Å². The molecule has 0 heterocycles. The minimum atomic E-state index is 1.22. The molecule has 0 radical (unpaired) electrons. The molecule has 0 saturated carbocycles. The first-order chi connectivity index (χ1) is 4.81. The van der Waals surface area contributed by atoms with E-state index < -0.39 is 0 Å². The fourth-order valence-corrected chi connectivity index (χ4v) is 0.534. The first-order valence-corrected chi connectivity index (χ1v) is 3.47. The molecule has 0 N–H and O–H groups in total. The third kappa shape index (κ3) is 5.39. The highest BCUT2D eigenvalue weighted by Gasteiger charge is 1.72. The van der Waals surface area contributed by atoms with Crippen molar-refractivity contribution in [1.29, 1.82) is 0 Å². The second-order valence-corrected chi connectivity index (χ2v) is 2.12. The predicted octanol–water partition coefficient (Wildman–Crippen LogP) is 3.36. The highest BCUT2D eigenvalue weighted by Crippen LogP contribution is 1.92. The highest BCUT2D eigenvalue weighted by molar-refractivity contribution is 6.25. The van der Waals surface area contributed by atoms with Gasteiger partial charge in [0, 0.05) is 0 Å². The van der Waals surface area contributed by atoms with Crippen molar-refractivity contribution in [2.24, 2.45) is 0 Å². The van der Waals surface area contributed by atoms with Gasteiger partial charge in [0.1, 0.15) is 0 Å². The van der Waals surface area contributed by atoms with Gasteiger partial charge in [-0.25, -0.2) is 0 Å². The Bertz CT molecular complexity index is 167. The zero-order valence-electron chi connectivity index (χ0n) is 6.05. The summed E-state index contributed by atoms with van der Waals surface area (Å²) in [5.41, 5.74) is 2.54. The smallest absolute Gasteiger partial charge is 0.00296 e. The van der Waals surface area contributed by atoms with E-state index >= 15 is 0 Å². The van der Waals surface area contributed by atoms with Gasteiger partial charge in [-0.1, -0.05) is 54.1 Å². The van der Waals surface area contributed by atoms with Crippen LogP contribution in [-0.4, -0.2) is 0 Å². The molecule has 1 rings (SSSR count). The van der Waals surface area contributed by atoms with E-state index in [1.54, 1.807) is 0 Å². The molecule has 0 spiro atoms. The quantitative estimate of drug-likeness (QED) is 0.538. The van der Waals surface area contributed by atoms with E-state index in [1.165, 1.54) is 11.1 Å². The largest absolute Gasteiger partial charge is 0.0936 e. The lowest BCUT2D eigenvalue weighted by Crippen LogP contribution is -1.62. The lowest BCUT2D eigenvalue weighted by molar-refractivity contribution is 1.48. The highest BCUT2D eigenvalue weighted by atomic mass is 35.5. The van der Waals surface area contributed by atoms with Gasteiger partial charge < -0.3 is 0 Å². The summed E-state index contributed by atoms with van der Waals surface area (Å²) in [4.78, 5) is 0. The monoisotopic (exact) mass is 154 g/mol. The minimum Gasteiger partial charge on any atom is -0.0936 e. The molecule has 0 aliphatic heterocycles. The topological polar surface area (TPSA) is 0 Å². The molecule has 0 unspecified atom stereocenters. The summed E-state index contributed by atoms with van der Waals surface area (Å²) in [6.45, 7) is 5.21. The molecule has 0 aliphatic rings. The van der Waals surface area contributed by atoms with E-state index in [1.807, 2.05) is 18.2 Å². The number of hydrogen-bond donors (Lipinski definition) is 0. The Morgan fingerprint density at radius 2 is 1.70 bits per heavy atom. The fraction of sp³-hybridized carbons (Fsp3) is 0.111. The Morgan fingerprint density at radius 1 is 1.30 bits per heavy atom. The van der Waals surface area contributed by atoms with E-state index in [0.717, 1.165) is 0 Å². The van der Waals surface area contributed by atoms with E-state index in [2.05, 4.69) is 25.6 Å². The summed E-state index contributed by atoms with van der Waals surface area (Å²) in [5, 5.41) is 0. The zero-order chi connectivity index (χ0) is 7.82. The Hall–Kier alpha value is -0.750. The lowest BCUT2D eigenvalue weighted by Gasteiger charge is -1.82. The van der Waals surface area contributed by atoms with Crippen LogP contribution in [0.15, 0.2) is 42.4 Å². The van der Waals surface area contributed by atoms with Crippen molar-refractivity contribution in [3.63, 3.8) is 0 Å². The van der Waals surface area contributed by atoms with E-state index in [9.17, 15) is 0 Å². The van der Waals surface area contributed by atoms with E-state index in [4.69, 9.17) is 11.6 Å². The van der Waals surface area contributed by atoms with Crippen LogP contribution in [0.1, 0.15) is 5.56 Å². The number of rotatable bonds is 0. The molecule has 0 aliphatic carbocycles. The van der Waals surface area contributed by atoms with Gasteiger partial charge in [-0.3, -0.25) is 0 Å². The standard InChI is InChI=1S/C7H8.C2H3Cl/c1-7-5-3-2-4-6-7;1-2-3/h2-6H,1H3;2H,1H2. The van der Waals surface area contributed by atoms with Crippen LogP contribution in [0.2, 0.25) is 0 Å². The maximum Gasteiger partial charge on any atom is -0.00296 e. The molecule has 10 heavy (non-hydrogen) atoms. The summed E-state index contributed by atoms with van der Waals surface area (Å²) in [6.07, 6.45) is 0. The molecular weight excluding hydrogens is 144 g/mol. The van der Waals surface area contributed by atoms with Gasteiger partial charge in [0.2, 0.25) is 0 Å². The van der Waals surface area contributed by atoms with Crippen molar-refractivity contribution in [3.05, 3.63) is 48.0 Å². The molecular formula is C9H11Cl. The Morgan fingerprint density at radius 3 is 1.90 bits per heavy atom. The second kappa shape index (κ2) is 6.37. The SMILES string of the molecule is C=CCl.Cc1ccccc1. The molecule has 0 atom stereocenters. The molecule has 1 heteroatoms. The number of hydrogen-bond acceptors (Lipinski definition) is 0. The van der Waals surface area contributed by atoms with Crippen LogP contribution in [-0.2, 0) is 0 Å². The first kappa shape index (κ1) is 9.25. The third-order valence-corrected chi connectivity index (χ3v) is 0.940. The Balaban J connectivity index is 0.000000236. The summed E-state index contributed by atoms with van der Waals surface area (Å²) in [7, 11) is 0. The molecule has 0 nitrogen and oxygen atoms in total. The molecule has 1 aromatic rings. The second-order valence-electron chi connectivity index (χ2n) is 1.81. The average Bonchev–Trinajstić information content (AvgIpc) is 1.91. The first-order valence-electron chi connectivity index (χ1n) is 3.04. The van der Waals surface area contributed by atoms with Crippen molar-refractivity contribution in [2.45, 2.75) is 6.92 Å². The Labute approximate surface area is 67.1 Å². The van der Waals surface area contributed by atoms with Gasteiger partial charge in [0.15, 0.2) is 0 Å². The molecule has 0 saturated heterocycles. The molecule has 1 aromatic carbocycles. The third-order valence-electron chi connectivity index (χ3n) is 0.940. The normalized spacial score (nSPS) is 7.40. The van der Waals surface area contributed by atoms with Crippen LogP contribution >= 0.6 is 11.6 Å². The van der Waals surface area contributed by atoms with Crippen molar-refractivity contribution < 1.29 is 0 Å². The van der Waals surface area contributed by atoms with Crippen LogP contribution in [0.3, 0.4) is 0 Å². The maximum atomic E-state index is 4.76. The maximum absolute atomic E-state index is 4.76. The van der Waals surface area contributed by atoms with Gasteiger partial charge in [-0.15, -0.1) is 0 Å². The summed E-state index contributed by atoms with van der Waals surface area (Å²) in [6, 6.07) is 10.3. The molecule has 0 bridgehead atoms. The van der Waals surface area contributed by atoms with Gasteiger partial charge in [-0.2, -0.15) is 0 Å². The molecule has 0 amide bonds. The lowest BCUT2D eigenvalue weighted by atomic mass is 10.2. The van der Waals surface area contributed by atoms with E-state index in [-0.39, 0.29) is 0 Å².